The van der Waals surface area contributed by atoms with Crippen LogP contribution < -0.4 is 4.74 Å². The molecule has 1 aliphatic rings. The van der Waals surface area contributed by atoms with Crippen molar-refractivity contribution >= 4 is 11.9 Å². The van der Waals surface area contributed by atoms with E-state index >= 15 is 0 Å². The van der Waals surface area contributed by atoms with Gasteiger partial charge in [0.05, 0.1) is 6.10 Å². The second-order valence-electron chi connectivity index (χ2n) is 4.65. The van der Waals surface area contributed by atoms with Crippen molar-refractivity contribution in [1.82, 2.24) is 4.90 Å². The number of hydrogen-bond donors (Lipinski definition) is 2. The summed E-state index contributed by atoms with van der Waals surface area (Å²) in [4.78, 5) is 23.8. The van der Waals surface area contributed by atoms with Crippen molar-refractivity contribution in [2.45, 2.75) is 18.6 Å². The second kappa shape index (κ2) is 6.04. The summed E-state index contributed by atoms with van der Waals surface area (Å²) in [6, 6.07) is 1.49. The average Bonchev–Trinajstić information content (AvgIpc) is 2.80. The molecule has 2 rings (SSSR count). The highest BCUT2D eigenvalue weighted by Crippen LogP contribution is 2.20. The molecular weight excluding hydrogens is 288 g/mol. The largest absolute Gasteiger partial charge is 0.481 e. The molecule has 1 fully saturated rings. The number of benzene rings is 1. The smallest absolute Gasteiger partial charge is 0.326 e. The van der Waals surface area contributed by atoms with Gasteiger partial charge in [-0.05, 0) is 12.1 Å². The molecule has 6 nitrogen and oxygen atoms in total. The lowest BCUT2D eigenvalue weighted by molar-refractivity contribution is -0.149. The van der Waals surface area contributed by atoms with Gasteiger partial charge in [0.25, 0.3) is 5.91 Å². The SMILES string of the molecule is O=C(O)[C@@H]1C[C@H](O)CN1C(=O)COc1ccc(F)cc1F. The third-order valence-corrected chi connectivity index (χ3v) is 3.13. The summed E-state index contributed by atoms with van der Waals surface area (Å²) < 4.78 is 31.0. The predicted octanol–water partition coefficient (Wildman–Crippen LogP) is 0.390. The summed E-state index contributed by atoms with van der Waals surface area (Å²) in [6.07, 6.45) is -0.982. The molecule has 1 aromatic rings. The molecule has 1 amide bonds. The number of amides is 1. The molecule has 1 aliphatic heterocycles. The maximum atomic E-state index is 13.3. The Morgan fingerprint density at radius 3 is 2.71 bits per heavy atom. The van der Waals surface area contributed by atoms with Gasteiger partial charge in [0, 0.05) is 19.0 Å². The van der Waals surface area contributed by atoms with Crippen LogP contribution in [0, 0.1) is 11.6 Å². The minimum absolute atomic E-state index is 0.0635. The molecule has 1 aromatic carbocycles. The standard InChI is InChI=1S/C13H13F2NO5/c14-7-1-2-11(9(15)3-7)21-6-12(18)16-5-8(17)4-10(16)13(19)20/h1-3,8,10,17H,4-6H2,(H,19,20)/t8-,10-/m0/s1. The van der Waals surface area contributed by atoms with Crippen LogP contribution in [0.2, 0.25) is 0 Å². The van der Waals surface area contributed by atoms with Crippen LogP contribution in [0.1, 0.15) is 6.42 Å². The van der Waals surface area contributed by atoms with Gasteiger partial charge in [-0.3, -0.25) is 4.79 Å². The molecule has 0 radical (unpaired) electrons. The first kappa shape index (κ1) is 15.2. The third-order valence-electron chi connectivity index (χ3n) is 3.13. The Bertz CT molecular complexity index is 565. The maximum Gasteiger partial charge on any atom is 0.326 e. The van der Waals surface area contributed by atoms with E-state index in [1.54, 1.807) is 0 Å². The zero-order valence-electron chi connectivity index (χ0n) is 10.8. The lowest BCUT2D eigenvalue weighted by Crippen LogP contribution is -2.43. The highest BCUT2D eigenvalue weighted by atomic mass is 19.1. The Labute approximate surface area is 118 Å². The number of β-amino-alcohol motifs (C(OH)–C–C–N with tert-alkyl or cyclic N) is 1. The number of rotatable bonds is 4. The number of carboxylic acid groups (broad SMARTS) is 1. The minimum Gasteiger partial charge on any atom is -0.481 e. The Hall–Kier alpha value is -2.22. The van der Waals surface area contributed by atoms with Crippen LogP contribution in [0.3, 0.4) is 0 Å². The fourth-order valence-electron chi connectivity index (χ4n) is 2.14. The maximum absolute atomic E-state index is 13.3. The zero-order valence-corrected chi connectivity index (χ0v) is 10.8. The second-order valence-corrected chi connectivity index (χ2v) is 4.65. The molecule has 0 spiro atoms. The average molecular weight is 301 g/mol. The van der Waals surface area contributed by atoms with E-state index in [4.69, 9.17) is 9.84 Å². The number of carboxylic acids is 1. The summed E-state index contributed by atoms with van der Waals surface area (Å²) in [5.41, 5.74) is 0. The van der Waals surface area contributed by atoms with Gasteiger partial charge in [-0.1, -0.05) is 0 Å². The van der Waals surface area contributed by atoms with E-state index in [-0.39, 0.29) is 18.7 Å². The van der Waals surface area contributed by atoms with Crippen molar-refractivity contribution in [2.75, 3.05) is 13.2 Å². The number of aliphatic carboxylic acids is 1. The van der Waals surface area contributed by atoms with Crippen LogP contribution in [-0.4, -0.2) is 52.3 Å². The normalized spacial score (nSPS) is 21.4. The molecular formula is C13H13F2NO5. The lowest BCUT2D eigenvalue weighted by atomic mass is 10.2. The first-order valence-corrected chi connectivity index (χ1v) is 6.16. The molecule has 0 aromatic heterocycles. The van der Waals surface area contributed by atoms with Gasteiger partial charge < -0.3 is 19.8 Å². The van der Waals surface area contributed by atoms with Gasteiger partial charge in [0.15, 0.2) is 18.2 Å². The first-order chi connectivity index (χ1) is 9.88. The minimum atomic E-state index is -1.23. The number of hydrogen-bond acceptors (Lipinski definition) is 4. The van der Waals surface area contributed by atoms with Crippen LogP contribution >= 0.6 is 0 Å². The molecule has 2 atom stereocenters. The van der Waals surface area contributed by atoms with Crippen LogP contribution in [0.25, 0.3) is 0 Å². The summed E-state index contributed by atoms with van der Waals surface area (Å²) in [6.45, 7) is -0.718. The molecule has 0 saturated carbocycles. The van der Waals surface area contributed by atoms with Crippen molar-refractivity contribution in [1.29, 1.82) is 0 Å². The number of likely N-dealkylation sites (tertiary alicyclic amines) is 1. The Kier molecular flexibility index (Phi) is 4.37. The van der Waals surface area contributed by atoms with Crippen LogP contribution in [0.4, 0.5) is 8.78 Å². The molecule has 0 unspecified atom stereocenters. The van der Waals surface area contributed by atoms with E-state index in [0.717, 1.165) is 17.0 Å². The predicted molar refractivity (Wildman–Crippen MR) is 65.6 cm³/mol. The molecule has 2 N–H and O–H groups in total. The van der Waals surface area contributed by atoms with E-state index in [9.17, 15) is 23.5 Å². The van der Waals surface area contributed by atoms with Crippen molar-refractivity contribution in [3.05, 3.63) is 29.8 Å². The summed E-state index contributed by atoms with van der Waals surface area (Å²) in [5.74, 6) is -3.97. The fourth-order valence-corrected chi connectivity index (χ4v) is 2.14. The van der Waals surface area contributed by atoms with E-state index in [1.807, 2.05) is 0 Å². The van der Waals surface area contributed by atoms with Crippen molar-refractivity contribution < 1.29 is 33.3 Å². The lowest BCUT2D eigenvalue weighted by Gasteiger charge is -2.21. The van der Waals surface area contributed by atoms with E-state index in [0.29, 0.717) is 6.07 Å². The monoisotopic (exact) mass is 301 g/mol. The van der Waals surface area contributed by atoms with Gasteiger partial charge >= 0.3 is 5.97 Å². The number of aliphatic hydroxyl groups is 1. The molecule has 1 heterocycles. The number of nitrogens with zero attached hydrogens (tertiary/aromatic N) is 1. The Morgan fingerprint density at radius 1 is 1.38 bits per heavy atom. The third kappa shape index (κ3) is 3.46. The number of aliphatic hydroxyl groups excluding tert-OH is 1. The topological polar surface area (TPSA) is 87.1 Å². The van der Waals surface area contributed by atoms with Gasteiger partial charge in [0.2, 0.25) is 0 Å². The molecule has 114 valence electrons. The van der Waals surface area contributed by atoms with Gasteiger partial charge in [-0.25, -0.2) is 13.6 Å². The quantitative estimate of drug-likeness (QED) is 0.840. The number of ether oxygens (including phenoxy) is 1. The highest BCUT2D eigenvalue weighted by molar-refractivity contribution is 5.85. The van der Waals surface area contributed by atoms with Crippen LogP contribution in [-0.2, 0) is 9.59 Å². The highest BCUT2D eigenvalue weighted by Gasteiger charge is 2.38. The summed E-state index contributed by atoms with van der Waals surface area (Å²) >= 11 is 0. The van der Waals surface area contributed by atoms with Crippen LogP contribution in [0.5, 0.6) is 5.75 Å². The molecule has 0 aliphatic carbocycles. The van der Waals surface area contributed by atoms with Crippen LogP contribution in [0.15, 0.2) is 18.2 Å². The fraction of sp³-hybridized carbons (Fsp3) is 0.385. The number of carbonyl (C=O) groups excluding carboxylic acids is 1. The molecule has 21 heavy (non-hydrogen) atoms. The van der Waals surface area contributed by atoms with Crippen molar-refractivity contribution in [3.8, 4) is 5.75 Å². The Morgan fingerprint density at radius 2 is 2.10 bits per heavy atom. The number of carbonyl (C=O) groups is 2. The van der Waals surface area contributed by atoms with Crippen molar-refractivity contribution in [2.24, 2.45) is 0 Å². The Balaban J connectivity index is 1.99. The van der Waals surface area contributed by atoms with Gasteiger partial charge in [-0.15, -0.1) is 0 Å². The summed E-state index contributed by atoms with van der Waals surface area (Å²) in [7, 11) is 0. The molecule has 0 bridgehead atoms. The van der Waals surface area contributed by atoms with Crippen molar-refractivity contribution in [3.63, 3.8) is 0 Å². The first-order valence-electron chi connectivity index (χ1n) is 6.16. The van der Waals surface area contributed by atoms with E-state index in [1.165, 1.54) is 0 Å². The summed E-state index contributed by atoms with van der Waals surface area (Å²) in [5, 5.41) is 18.4. The number of halogens is 2. The van der Waals surface area contributed by atoms with Gasteiger partial charge in [-0.2, -0.15) is 0 Å². The zero-order chi connectivity index (χ0) is 15.6. The van der Waals surface area contributed by atoms with Gasteiger partial charge in [0.1, 0.15) is 11.9 Å². The van der Waals surface area contributed by atoms with E-state index < -0.39 is 42.3 Å². The van der Waals surface area contributed by atoms with E-state index in [2.05, 4.69) is 0 Å². The molecule has 1 saturated heterocycles. The molecule has 8 heteroatoms.